The van der Waals surface area contributed by atoms with Crippen molar-refractivity contribution in [3.63, 3.8) is 0 Å². The Hall–Kier alpha value is -1.91. The average Bonchev–Trinajstić information content (AvgIpc) is 2.84. The molecule has 4 nitrogen and oxygen atoms in total. The number of hydrogen-bond donors (Lipinski definition) is 0. The van der Waals surface area contributed by atoms with E-state index in [1.54, 1.807) is 6.20 Å². The number of carbonyl (C=O) groups excluding carboxylic acids is 1. The zero-order chi connectivity index (χ0) is 15.9. The molecule has 1 aromatic heterocycles. The SMILES string of the molecule is O=C1OC2(CCN(Cc3ccccc3)CC2)c2ccnc(Cl)c21. The number of rotatable bonds is 2. The second kappa shape index (κ2) is 5.62. The van der Waals surface area contributed by atoms with E-state index < -0.39 is 5.60 Å². The summed E-state index contributed by atoms with van der Waals surface area (Å²) in [6.07, 6.45) is 3.24. The van der Waals surface area contributed by atoms with E-state index in [0.717, 1.165) is 38.0 Å². The van der Waals surface area contributed by atoms with Crippen LogP contribution in [0.1, 0.15) is 34.3 Å². The molecule has 0 aliphatic carbocycles. The smallest absolute Gasteiger partial charge is 0.342 e. The minimum absolute atomic E-state index is 0.246. The van der Waals surface area contributed by atoms with Crippen molar-refractivity contribution in [1.29, 1.82) is 0 Å². The maximum Gasteiger partial charge on any atom is 0.342 e. The van der Waals surface area contributed by atoms with Gasteiger partial charge in [-0.15, -0.1) is 0 Å². The predicted molar refractivity (Wildman–Crippen MR) is 87.3 cm³/mol. The van der Waals surface area contributed by atoms with Crippen molar-refractivity contribution >= 4 is 17.6 Å². The number of hydrogen-bond acceptors (Lipinski definition) is 4. The summed E-state index contributed by atoms with van der Waals surface area (Å²) in [5.74, 6) is -0.338. The number of halogens is 1. The van der Waals surface area contributed by atoms with Crippen LogP contribution >= 0.6 is 11.6 Å². The second-order valence-corrected chi connectivity index (χ2v) is 6.53. The molecule has 118 valence electrons. The Morgan fingerprint density at radius 1 is 1.17 bits per heavy atom. The molecular weight excluding hydrogens is 312 g/mol. The number of ether oxygens (including phenoxy) is 1. The third-order valence-corrected chi connectivity index (χ3v) is 5.09. The Balaban J connectivity index is 1.52. The molecule has 1 aromatic carbocycles. The van der Waals surface area contributed by atoms with Crippen LogP contribution in [0.25, 0.3) is 0 Å². The van der Waals surface area contributed by atoms with Crippen LogP contribution < -0.4 is 0 Å². The van der Waals surface area contributed by atoms with Gasteiger partial charge in [0.2, 0.25) is 0 Å². The third kappa shape index (κ3) is 2.52. The summed E-state index contributed by atoms with van der Waals surface area (Å²) >= 11 is 6.08. The van der Waals surface area contributed by atoms with Gasteiger partial charge in [0.05, 0.1) is 0 Å². The van der Waals surface area contributed by atoms with Crippen LogP contribution in [0.2, 0.25) is 5.15 Å². The number of esters is 1. The molecule has 0 bridgehead atoms. The molecule has 0 saturated carbocycles. The predicted octanol–water partition coefficient (Wildman–Crippen LogP) is 3.40. The number of carbonyl (C=O) groups is 1. The number of pyridine rings is 1. The summed E-state index contributed by atoms with van der Waals surface area (Å²) in [6, 6.07) is 12.3. The quantitative estimate of drug-likeness (QED) is 0.626. The highest BCUT2D eigenvalue weighted by molar-refractivity contribution is 6.32. The van der Waals surface area contributed by atoms with E-state index in [0.29, 0.717) is 5.56 Å². The maximum absolute atomic E-state index is 12.2. The number of aromatic nitrogens is 1. The van der Waals surface area contributed by atoms with Crippen LogP contribution in [0.5, 0.6) is 0 Å². The highest BCUT2D eigenvalue weighted by Gasteiger charge is 2.48. The first-order chi connectivity index (χ1) is 11.2. The molecule has 3 heterocycles. The van der Waals surface area contributed by atoms with Crippen LogP contribution in [-0.4, -0.2) is 28.9 Å². The monoisotopic (exact) mass is 328 g/mol. The first kappa shape index (κ1) is 14.7. The molecule has 0 radical (unpaired) electrons. The molecule has 5 heteroatoms. The van der Waals surface area contributed by atoms with E-state index in [2.05, 4.69) is 34.1 Å². The minimum Gasteiger partial charge on any atom is -0.450 e. The molecule has 0 N–H and O–H groups in total. The normalized spacial score (nSPS) is 19.6. The number of piperidine rings is 1. The van der Waals surface area contributed by atoms with E-state index in [-0.39, 0.29) is 11.1 Å². The van der Waals surface area contributed by atoms with Crippen LogP contribution in [0, 0.1) is 0 Å². The van der Waals surface area contributed by atoms with E-state index in [4.69, 9.17) is 16.3 Å². The Morgan fingerprint density at radius 3 is 2.65 bits per heavy atom. The molecule has 0 atom stereocenters. The van der Waals surface area contributed by atoms with E-state index in [1.807, 2.05) is 12.1 Å². The van der Waals surface area contributed by atoms with Gasteiger partial charge >= 0.3 is 5.97 Å². The molecular formula is C18H17ClN2O2. The lowest BCUT2D eigenvalue weighted by atomic mass is 9.84. The lowest BCUT2D eigenvalue weighted by molar-refractivity contribution is -0.0440. The zero-order valence-electron chi connectivity index (χ0n) is 12.7. The van der Waals surface area contributed by atoms with Gasteiger partial charge < -0.3 is 4.74 Å². The molecule has 2 aliphatic heterocycles. The van der Waals surface area contributed by atoms with Crippen LogP contribution in [0.3, 0.4) is 0 Å². The van der Waals surface area contributed by atoms with E-state index in [1.165, 1.54) is 5.56 Å². The molecule has 1 saturated heterocycles. The maximum atomic E-state index is 12.2. The Morgan fingerprint density at radius 2 is 1.91 bits per heavy atom. The highest BCUT2D eigenvalue weighted by Crippen LogP contribution is 2.45. The van der Waals surface area contributed by atoms with Gasteiger partial charge in [0, 0.05) is 44.2 Å². The largest absolute Gasteiger partial charge is 0.450 e. The van der Waals surface area contributed by atoms with Gasteiger partial charge in [-0.25, -0.2) is 9.78 Å². The zero-order valence-corrected chi connectivity index (χ0v) is 13.4. The van der Waals surface area contributed by atoms with Gasteiger partial charge in [0.1, 0.15) is 16.3 Å². The summed E-state index contributed by atoms with van der Waals surface area (Å²) in [7, 11) is 0. The Bertz CT molecular complexity index is 740. The van der Waals surface area contributed by atoms with Gasteiger partial charge in [-0.1, -0.05) is 41.9 Å². The van der Waals surface area contributed by atoms with Gasteiger partial charge in [0.15, 0.2) is 0 Å². The van der Waals surface area contributed by atoms with E-state index >= 15 is 0 Å². The lowest BCUT2D eigenvalue weighted by Crippen LogP contribution is -2.42. The molecule has 1 spiro atoms. The molecule has 0 unspecified atom stereocenters. The Kier molecular flexibility index (Phi) is 3.58. The summed E-state index contributed by atoms with van der Waals surface area (Å²) in [4.78, 5) is 18.6. The van der Waals surface area contributed by atoms with Crippen LogP contribution in [0.4, 0.5) is 0 Å². The van der Waals surface area contributed by atoms with Gasteiger partial charge in [-0.3, -0.25) is 4.90 Å². The van der Waals surface area contributed by atoms with Gasteiger partial charge in [-0.05, 0) is 11.6 Å². The van der Waals surface area contributed by atoms with Crippen molar-refractivity contribution < 1.29 is 9.53 Å². The second-order valence-electron chi connectivity index (χ2n) is 6.17. The molecule has 2 aromatic rings. The van der Waals surface area contributed by atoms with Crippen LogP contribution in [-0.2, 0) is 16.9 Å². The van der Waals surface area contributed by atoms with Crippen molar-refractivity contribution in [1.82, 2.24) is 9.88 Å². The minimum atomic E-state index is -0.522. The Labute approximate surface area is 140 Å². The lowest BCUT2D eigenvalue weighted by Gasteiger charge is -2.38. The number of benzene rings is 1. The highest BCUT2D eigenvalue weighted by atomic mass is 35.5. The van der Waals surface area contributed by atoms with Crippen molar-refractivity contribution in [2.45, 2.75) is 25.0 Å². The van der Waals surface area contributed by atoms with E-state index in [9.17, 15) is 4.79 Å². The fourth-order valence-corrected chi connectivity index (χ4v) is 3.81. The molecule has 2 aliphatic rings. The standard InChI is InChI=1S/C18H17ClN2O2/c19-16-15-14(6-9-20-16)18(23-17(15)22)7-10-21(11-8-18)12-13-4-2-1-3-5-13/h1-6,9H,7-8,10-12H2. The van der Waals surface area contributed by atoms with Crippen molar-refractivity contribution in [2.75, 3.05) is 13.1 Å². The number of fused-ring (bicyclic) bond motifs is 2. The summed E-state index contributed by atoms with van der Waals surface area (Å²) in [6.45, 7) is 2.71. The number of likely N-dealkylation sites (tertiary alicyclic amines) is 1. The van der Waals surface area contributed by atoms with Gasteiger partial charge in [0.25, 0.3) is 0 Å². The first-order valence-electron chi connectivity index (χ1n) is 7.83. The fraction of sp³-hybridized carbons (Fsp3) is 0.333. The molecule has 23 heavy (non-hydrogen) atoms. The molecule has 4 rings (SSSR count). The van der Waals surface area contributed by atoms with Crippen LogP contribution in [0.15, 0.2) is 42.6 Å². The number of nitrogens with zero attached hydrogens (tertiary/aromatic N) is 2. The first-order valence-corrected chi connectivity index (χ1v) is 8.20. The molecule has 1 fully saturated rings. The van der Waals surface area contributed by atoms with Gasteiger partial charge in [-0.2, -0.15) is 0 Å². The fourth-order valence-electron chi connectivity index (χ4n) is 3.58. The van der Waals surface area contributed by atoms with Crippen molar-refractivity contribution in [3.05, 3.63) is 64.4 Å². The summed E-state index contributed by atoms with van der Waals surface area (Å²) < 4.78 is 5.75. The summed E-state index contributed by atoms with van der Waals surface area (Å²) in [5, 5.41) is 0.246. The topological polar surface area (TPSA) is 42.4 Å². The average molecular weight is 329 g/mol. The third-order valence-electron chi connectivity index (χ3n) is 4.80. The van der Waals surface area contributed by atoms with Crippen molar-refractivity contribution in [2.24, 2.45) is 0 Å². The summed E-state index contributed by atoms with van der Waals surface area (Å²) in [5.41, 5.74) is 2.14. The van der Waals surface area contributed by atoms with Crippen molar-refractivity contribution in [3.8, 4) is 0 Å². The molecule has 0 amide bonds.